The average molecular weight is 298 g/mol. The number of hydrogen-bond donors (Lipinski definition) is 1. The van der Waals surface area contributed by atoms with Crippen LogP contribution in [0.1, 0.15) is 12.5 Å². The normalized spacial score (nSPS) is 23.6. The predicted molar refractivity (Wildman–Crippen MR) is 69.5 cm³/mol. The first-order chi connectivity index (χ1) is 8.16. The molecule has 0 aromatic heterocycles. The molecule has 1 aromatic carbocycles. The minimum absolute atomic E-state index is 0.00504. The van der Waals surface area contributed by atoms with Crippen LogP contribution in [-0.2, 0) is 16.1 Å². The van der Waals surface area contributed by atoms with E-state index in [1.165, 1.54) is 0 Å². The second-order valence-electron chi connectivity index (χ2n) is 4.48. The minimum atomic E-state index is -0.0922. The molecule has 1 aliphatic heterocycles. The van der Waals surface area contributed by atoms with Gasteiger partial charge in [-0.25, -0.2) is 0 Å². The molecule has 1 N–H and O–H groups in total. The smallest absolute Gasteiger partial charge is 0.310 e. The van der Waals surface area contributed by atoms with Gasteiger partial charge in [0.2, 0.25) is 0 Å². The van der Waals surface area contributed by atoms with Crippen LogP contribution in [-0.4, -0.2) is 19.1 Å². The van der Waals surface area contributed by atoms with Crippen LogP contribution in [0, 0.1) is 11.8 Å². The Morgan fingerprint density at radius 2 is 2.12 bits per heavy atom. The van der Waals surface area contributed by atoms with Crippen LogP contribution < -0.4 is 5.32 Å². The van der Waals surface area contributed by atoms with E-state index in [0.29, 0.717) is 12.5 Å². The molecule has 1 aliphatic rings. The third-order valence-electron chi connectivity index (χ3n) is 3.11. The van der Waals surface area contributed by atoms with Crippen molar-refractivity contribution in [3.63, 3.8) is 0 Å². The Kier molecular flexibility index (Phi) is 4.18. The summed E-state index contributed by atoms with van der Waals surface area (Å²) in [4.78, 5) is 11.8. The highest BCUT2D eigenvalue weighted by Gasteiger charge is 2.30. The van der Waals surface area contributed by atoms with Crippen LogP contribution in [0.15, 0.2) is 28.7 Å². The van der Waals surface area contributed by atoms with Gasteiger partial charge >= 0.3 is 5.97 Å². The lowest BCUT2D eigenvalue weighted by atomic mass is 9.99. The maximum atomic E-state index is 11.8. The van der Waals surface area contributed by atoms with Crippen molar-refractivity contribution >= 4 is 21.9 Å². The van der Waals surface area contributed by atoms with E-state index in [2.05, 4.69) is 28.2 Å². The van der Waals surface area contributed by atoms with Gasteiger partial charge in [0.15, 0.2) is 0 Å². The molecule has 0 amide bonds. The van der Waals surface area contributed by atoms with Crippen molar-refractivity contribution in [1.82, 2.24) is 5.32 Å². The summed E-state index contributed by atoms with van der Waals surface area (Å²) in [5.74, 6) is 0.281. The first kappa shape index (κ1) is 12.6. The second kappa shape index (κ2) is 5.65. The molecule has 1 fully saturated rings. The Morgan fingerprint density at radius 1 is 1.41 bits per heavy atom. The largest absolute Gasteiger partial charge is 0.461 e. The van der Waals surface area contributed by atoms with E-state index in [1.807, 2.05) is 24.3 Å². The summed E-state index contributed by atoms with van der Waals surface area (Å²) < 4.78 is 6.36. The van der Waals surface area contributed by atoms with Crippen LogP contribution in [0.3, 0.4) is 0 Å². The lowest BCUT2D eigenvalue weighted by molar-refractivity contribution is -0.150. The average Bonchev–Trinajstić information content (AvgIpc) is 2.74. The van der Waals surface area contributed by atoms with E-state index in [-0.39, 0.29) is 11.9 Å². The molecule has 92 valence electrons. The molecule has 0 unspecified atom stereocenters. The van der Waals surface area contributed by atoms with Gasteiger partial charge in [0.05, 0.1) is 5.92 Å². The number of carbonyl (C=O) groups excluding carboxylic acids is 1. The SMILES string of the molecule is C[C@@H]1CNC[C@H]1C(=O)OCc1ccc(Br)cc1. The monoisotopic (exact) mass is 297 g/mol. The molecule has 0 aliphatic carbocycles. The Bertz CT molecular complexity index is 391. The molecule has 1 heterocycles. The highest BCUT2D eigenvalue weighted by Crippen LogP contribution is 2.18. The lowest BCUT2D eigenvalue weighted by Crippen LogP contribution is -2.23. The molecular formula is C13H16BrNO2. The van der Waals surface area contributed by atoms with Crippen molar-refractivity contribution in [2.75, 3.05) is 13.1 Å². The molecule has 0 radical (unpaired) electrons. The highest BCUT2D eigenvalue weighted by molar-refractivity contribution is 9.10. The van der Waals surface area contributed by atoms with Crippen molar-refractivity contribution in [1.29, 1.82) is 0 Å². The highest BCUT2D eigenvalue weighted by atomic mass is 79.9. The molecule has 3 nitrogen and oxygen atoms in total. The van der Waals surface area contributed by atoms with Crippen molar-refractivity contribution in [3.8, 4) is 0 Å². The summed E-state index contributed by atoms with van der Waals surface area (Å²) in [6, 6.07) is 7.80. The standard InChI is InChI=1S/C13H16BrNO2/c1-9-6-15-7-12(9)13(16)17-8-10-2-4-11(14)5-3-10/h2-5,9,12,15H,6-8H2,1H3/t9-,12-/m1/s1. The quantitative estimate of drug-likeness (QED) is 0.871. The fraction of sp³-hybridized carbons (Fsp3) is 0.462. The molecule has 17 heavy (non-hydrogen) atoms. The Hall–Kier alpha value is -0.870. The Morgan fingerprint density at radius 3 is 2.71 bits per heavy atom. The number of halogens is 1. The van der Waals surface area contributed by atoms with Gasteiger partial charge in [-0.2, -0.15) is 0 Å². The van der Waals surface area contributed by atoms with Crippen molar-refractivity contribution in [2.24, 2.45) is 11.8 Å². The molecule has 2 atom stereocenters. The first-order valence-corrected chi connectivity index (χ1v) is 6.58. The summed E-state index contributed by atoms with van der Waals surface area (Å²) in [7, 11) is 0. The zero-order valence-corrected chi connectivity index (χ0v) is 11.4. The maximum Gasteiger partial charge on any atom is 0.310 e. The van der Waals surface area contributed by atoms with Crippen molar-refractivity contribution in [3.05, 3.63) is 34.3 Å². The molecule has 0 spiro atoms. The fourth-order valence-corrected chi connectivity index (χ4v) is 2.23. The van der Waals surface area contributed by atoms with Crippen LogP contribution in [0.5, 0.6) is 0 Å². The molecule has 0 bridgehead atoms. The number of ether oxygens (including phenoxy) is 1. The number of rotatable bonds is 3. The number of benzene rings is 1. The summed E-state index contributed by atoms with van der Waals surface area (Å²) in [6.07, 6.45) is 0. The zero-order valence-electron chi connectivity index (χ0n) is 9.78. The zero-order chi connectivity index (χ0) is 12.3. The van der Waals surface area contributed by atoms with Gasteiger partial charge in [0.25, 0.3) is 0 Å². The number of hydrogen-bond acceptors (Lipinski definition) is 3. The molecule has 0 saturated carbocycles. The van der Waals surface area contributed by atoms with Crippen molar-refractivity contribution < 1.29 is 9.53 Å². The van der Waals surface area contributed by atoms with Gasteiger partial charge in [-0.1, -0.05) is 35.0 Å². The van der Waals surface area contributed by atoms with Crippen LogP contribution in [0.4, 0.5) is 0 Å². The van der Waals surface area contributed by atoms with E-state index in [1.54, 1.807) is 0 Å². The van der Waals surface area contributed by atoms with E-state index in [4.69, 9.17) is 4.74 Å². The molecular weight excluding hydrogens is 282 g/mol. The van der Waals surface area contributed by atoms with Gasteiger partial charge < -0.3 is 10.1 Å². The van der Waals surface area contributed by atoms with Crippen LogP contribution >= 0.6 is 15.9 Å². The first-order valence-electron chi connectivity index (χ1n) is 5.78. The number of nitrogens with one attached hydrogen (secondary N) is 1. The number of carbonyl (C=O) groups is 1. The van der Waals surface area contributed by atoms with E-state index in [0.717, 1.165) is 23.1 Å². The lowest BCUT2D eigenvalue weighted by Gasteiger charge is -2.13. The van der Waals surface area contributed by atoms with E-state index >= 15 is 0 Å². The van der Waals surface area contributed by atoms with Crippen molar-refractivity contribution in [2.45, 2.75) is 13.5 Å². The fourth-order valence-electron chi connectivity index (χ4n) is 1.97. The van der Waals surface area contributed by atoms with E-state index in [9.17, 15) is 4.79 Å². The maximum absolute atomic E-state index is 11.8. The van der Waals surface area contributed by atoms with E-state index < -0.39 is 0 Å². The Labute approximate surface area is 110 Å². The molecule has 1 aromatic rings. The number of esters is 1. The second-order valence-corrected chi connectivity index (χ2v) is 5.39. The molecule has 1 saturated heterocycles. The van der Waals surface area contributed by atoms with Gasteiger partial charge in [0, 0.05) is 11.0 Å². The Balaban J connectivity index is 1.85. The predicted octanol–water partition coefficient (Wildman–Crippen LogP) is 2.35. The van der Waals surface area contributed by atoms with Gasteiger partial charge in [0.1, 0.15) is 6.61 Å². The van der Waals surface area contributed by atoms with Gasteiger partial charge in [-0.15, -0.1) is 0 Å². The molecule has 2 rings (SSSR count). The third kappa shape index (κ3) is 3.30. The minimum Gasteiger partial charge on any atom is -0.461 e. The van der Waals surface area contributed by atoms with Gasteiger partial charge in [-0.05, 0) is 30.2 Å². The summed E-state index contributed by atoms with van der Waals surface area (Å²) in [5.41, 5.74) is 1.01. The van der Waals surface area contributed by atoms with Crippen LogP contribution in [0.25, 0.3) is 0 Å². The topological polar surface area (TPSA) is 38.3 Å². The third-order valence-corrected chi connectivity index (χ3v) is 3.64. The van der Waals surface area contributed by atoms with Gasteiger partial charge in [-0.3, -0.25) is 4.79 Å². The summed E-state index contributed by atoms with van der Waals surface area (Å²) >= 11 is 3.37. The summed E-state index contributed by atoms with van der Waals surface area (Å²) in [5, 5.41) is 3.20. The molecule has 4 heteroatoms. The summed E-state index contributed by atoms with van der Waals surface area (Å²) in [6.45, 7) is 4.07. The van der Waals surface area contributed by atoms with Crippen LogP contribution in [0.2, 0.25) is 0 Å².